The Balaban J connectivity index is 1.87. The van der Waals surface area contributed by atoms with Gasteiger partial charge in [0.1, 0.15) is 5.75 Å². The molecule has 0 aliphatic heterocycles. The van der Waals surface area contributed by atoms with Crippen molar-refractivity contribution in [1.29, 1.82) is 0 Å². The first-order valence-corrected chi connectivity index (χ1v) is 6.95. The lowest BCUT2D eigenvalue weighted by Gasteiger charge is -2.61. The topological polar surface area (TPSA) is 29.5 Å². The van der Waals surface area contributed by atoms with E-state index in [1.807, 2.05) is 24.3 Å². The molecule has 2 saturated carbocycles. The second-order valence-electron chi connectivity index (χ2n) is 6.28. The Morgan fingerprint density at radius 1 is 1.22 bits per heavy atom. The highest BCUT2D eigenvalue weighted by Gasteiger charge is 2.60. The first-order valence-electron chi connectivity index (χ1n) is 6.95. The third-order valence-corrected chi connectivity index (χ3v) is 5.17. The van der Waals surface area contributed by atoms with Crippen molar-refractivity contribution >= 4 is 0 Å². The molecule has 2 fully saturated rings. The van der Waals surface area contributed by atoms with Crippen LogP contribution in [0.5, 0.6) is 5.75 Å². The summed E-state index contributed by atoms with van der Waals surface area (Å²) < 4.78 is 5.18. The first kappa shape index (κ1) is 12.0. The van der Waals surface area contributed by atoms with Crippen molar-refractivity contribution in [2.75, 3.05) is 7.11 Å². The zero-order valence-corrected chi connectivity index (χ0v) is 11.3. The van der Waals surface area contributed by atoms with Gasteiger partial charge in [-0.25, -0.2) is 0 Å². The fraction of sp³-hybridized carbons (Fsp3) is 0.625. The van der Waals surface area contributed by atoms with Gasteiger partial charge < -0.3 is 9.84 Å². The number of hydrogen-bond donors (Lipinski definition) is 1. The fourth-order valence-electron chi connectivity index (χ4n) is 4.22. The Morgan fingerprint density at radius 2 is 1.94 bits per heavy atom. The van der Waals surface area contributed by atoms with Crippen LogP contribution in [0.2, 0.25) is 0 Å². The number of aliphatic hydroxyl groups is 1. The Labute approximate surface area is 109 Å². The summed E-state index contributed by atoms with van der Waals surface area (Å²) in [5, 5.41) is 11.0. The van der Waals surface area contributed by atoms with Crippen LogP contribution in [0.25, 0.3) is 0 Å². The number of rotatable bonds is 2. The molecular weight excluding hydrogens is 224 g/mol. The molecule has 3 rings (SSSR count). The summed E-state index contributed by atoms with van der Waals surface area (Å²) in [5.74, 6) is 1.29. The molecule has 98 valence electrons. The van der Waals surface area contributed by atoms with Crippen molar-refractivity contribution in [1.82, 2.24) is 0 Å². The zero-order chi connectivity index (χ0) is 12.8. The molecule has 0 unspecified atom stereocenters. The summed E-state index contributed by atoms with van der Waals surface area (Å²) in [6.07, 6.45) is 5.94. The van der Waals surface area contributed by atoms with Gasteiger partial charge in [-0.2, -0.15) is 0 Å². The fourth-order valence-corrected chi connectivity index (χ4v) is 4.22. The van der Waals surface area contributed by atoms with E-state index < -0.39 is 5.60 Å². The number of ether oxygens (including phenoxy) is 1. The Bertz CT molecular complexity index is 439. The maximum absolute atomic E-state index is 11.0. The van der Waals surface area contributed by atoms with Gasteiger partial charge in [-0.3, -0.25) is 0 Å². The Morgan fingerprint density at radius 3 is 2.56 bits per heavy atom. The lowest BCUT2D eigenvalue weighted by Crippen LogP contribution is -2.59. The largest absolute Gasteiger partial charge is 0.497 e. The monoisotopic (exact) mass is 246 g/mol. The molecule has 0 heterocycles. The van der Waals surface area contributed by atoms with Crippen LogP contribution in [0.15, 0.2) is 24.3 Å². The lowest BCUT2D eigenvalue weighted by molar-refractivity contribution is -0.212. The lowest BCUT2D eigenvalue weighted by atomic mass is 9.45. The molecule has 0 bridgehead atoms. The molecule has 2 aliphatic rings. The van der Waals surface area contributed by atoms with E-state index in [1.54, 1.807) is 7.11 Å². The quantitative estimate of drug-likeness (QED) is 0.865. The minimum absolute atomic E-state index is 0.368. The van der Waals surface area contributed by atoms with E-state index in [9.17, 15) is 5.11 Å². The average Bonchev–Trinajstić information content (AvgIpc) is 2.37. The molecular formula is C16H22O2. The van der Waals surface area contributed by atoms with E-state index in [2.05, 4.69) is 6.92 Å². The number of fused-ring (bicyclic) bond motifs is 1. The van der Waals surface area contributed by atoms with Gasteiger partial charge in [-0.1, -0.05) is 31.9 Å². The van der Waals surface area contributed by atoms with Crippen molar-refractivity contribution < 1.29 is 9.84 Å². The average molecular weight is 246 g/mol. The van der Waals surface area contributed by atoms with Crippen LogP contribution in [-0.2, 0) is 5.60 Å². The van der Waals surface area contributed by atoms with E-state index in [-0.39, 0.29) is 0 Å². The molecule has 2 aliphatic carbocycles. The van der Waals surface area contributed by atoms with Crippen molar-refractivity contribution in [3.8, 4) is 5.75 Å². The van der Waals surface area contributed by atoms with Crippen molar-refractivity contribution in [2.45, 2.75) is 44.6 Å². The highest BCUT2D eigenvalue weighted by Crippen LogP contribution is 2.64. The first-order chi connectivity index (χ1) is 8.58. The molecule has 2 heteroatoms. The van der Waals surface area contributed by atoms with E-state index in [1.165, 1.54) is 25.7 Å². The van der Waals surface area contributed by atoms with Gasteiger partial charge in [0.05, 0.1) is 12.7 Å². The smallest absolute Gasteiger partial charge is 0.118 e. The standard InChI is InChI=1S/C16H22O2/c1-15-10-4-3-5-14(15)16(17,11-15)12-6-8-13(18-2)9-7-12/h6-9,14,17H,3-5,10-11H2,1-2H3/t14-,15-,16-/m0/s1. The Kier molecular flexibility index (Phi) is 2.67. The molecule has 3 atom stereocenters. The van der Waals surface area contributed by atoms with Gasteiger partial charge in [0.25, 0.3) is 0 Å². The number of methoxy groups -OCH3 is 1. The van der Waals surface area contributed by atoms with Gasteiger partial charge in [-0.05, 0) is 48.3 Å². The van der Waals surface area contributed by atoms with Gasteiger partial charge >= 0.3 is 0 Å². The maximum atomic E-state index is 11.0. The highest BCUT2D eigenvalue weighted by molar-refractivity contribution is 5.34. The summed E-state index contributed by atoms with van der Waals surface area (Å²) in [6, 6.07) is 7.94. The van der Waals surface area contributed by atoms with Crippen LogP contribution < -0.4 is 4.74 Å². The molecule has 0 amide bonds. The van der Waals surface area contributed by atoms with Crippen molar-refractivity contribution in [3.05, 3.63) is 29.8 Å². The van der Waals surface area contributed by atoms with E-state index in [0.717, 1.165) is 17.7 Å². The summed E-state index contributed by atoms with van der Waals surface area (Å²) in [6.45, 7) is 2.34. The highest BCUT2D eigenvalue weighted by atomic mass is 16.5. The summed E-state index contributed by atoms with van der Waals surface area (Å²) in [7, 11) is 1.67. The third-order valence-electron chi connectivity index (χ3n) is 5.17. The molecule has 0 spiro atoms. The van der Waals surface area contributed by atoms with Crippen molar-refractivity contribution in [3.63, 3.8) is 0 Å². The minimum atomic E-state index is -0.596. The summed E-state index contributed by atoms with van der Waals surface area (Å²) in [5.41, 5.74) is 0.835. The molecule has 1 aromatic rings. The van der Waals surface area contributed by atoms with Crippen LogP contribution in [0, 0.1) is 11.3 Å². The van der Waals surface area contributed by atoms with Crippen LogP contribution in [0.3, 0.4) is 0 Å². The zero-order valence-electron chi connectivity index (χ0n) is 11.3. The van der Waals surface area contributed by atoms with Crippen LogP contribution in [0.1, 0.15) is 44.6 Å². The molecule has 2 nitrogen and oxygen atoms in total. The molecule has 1 N–H and O–H groups in total. The minimum Gasteiger partial charge on any atom is -0.497 e. The Hall–Kier alpha value is -1.02. The van der Waals surface area contributed by atoms with Crippen molar-refractivity contribution in [2.24, 2.45) is 11.3 Å². The van der Waals surface area contributed by atoms with Crippen LogP contribution >= 0.6 is 0 Å². The number of benzene rings is 1. The predicted octanol–water partition coefficient (Wildman–Crippen LogP) is 3.48. The van der Waals surface area contributed by atoms with E-state index in [0.29, 0.717) is 11.3 Å². The molecule has 1 aromatic carbocycles. The van der Waals surface area contributed by atoms with Gasteiger partial charge in [0.2, 0.25) is 0 Å². The SMILES string of the molecule is COc1ccc([C@@]2(O)C[C@]3(C)CCCC[C@@H]32)cc1. The second-order valence-corrected chi connectivity index (χ2v) is 6.28. The second kappa shape index (κ2) is 3.99. The molecule has 0 aromatic heterocycles. The molecule has 18 heavy (non-hydrogen) atoms. The number of hydrogen-bond acceptors (Lipinski definition) is 2. The summed E-state index contributed by atoms with van der Waals surface area (Å²) in [4.78, 5) is 0. The third kappa shape index (κ3) is 1.58. The normalized spacial score (nSPS) is 38.7. The van der Waals surface area contributed by atoms with E-state index in [4.69, 9.17) is 4.74 Å². The summed E-state index contributed by atoms with van der Waals surface area (Å²) >= 11 is 0. The predicted molar refractivity (Wildman–Crippen MR) is 71.6 cm³/mol. The van der Waals surface area contributed by atoms with Crippen LogP contribution in [0.4, 0.5) is 0 Å². The molecule has 0 radical (unpaired) electrons. The van der Waals surface area contributed by atoms with Crippen LogP contribution in [-0.4, -0.2) is 12.2 Å². The van der Waals surface area contributed by atoms with Gasteiger partial charge in [0, 0.05) is 0 Å². The van der Waals surface area contributed by atoms with Gasteiger partial charge in [0.15, 0.2) is 0 Å². The van der Waals surface area contributed by atoms with Gasteiger partial charge in [-0.15, -0.1) is 0 Å². The molecule has 0 saturated heterocycles. The maximum Gasteiger partial charge on any atom is 0.118 e. The van der Waals surface area contributed by atoms with E-state index >= 15 is 0 Å².